The van der Waals surface area contributed by atoms with Gasteiger partial charge in [0.15, 0.2) is 5.76 Å². The van der Waals surface area contributed by atoms with Gasteiger partial charge in [0.2, 0.25) is 5.89 Å². The standard InChI is InChI=1S/C31H26N2O3/c1-20-16-24(18-25(17-20)32-19-27(34)35)28-21(2)10-9-15-26(28)31-33-29(22-11-5-3-6-12-22)30(36-31)23-13-7-4-8-14-23/h3-18,32H,19H2,1-2H3,(H,34,35). The van der Waals surface area contributed by atoms with Crippen molar-refractivity contribution in [2.45, 2.75) is 13.8 Å². The average molecular weight is 475 g/mol. The van der Waals surface area contributed by atoms with Crippen molar-refractivity contribution in [3.05, 3.63) is 108 Å². The Hall–Kier alpha value is -4.64. The molecule has 1 aromatic heterocycles. The first-order valence-electron chi connectivity index (χ1n) is 11.8. The first kappa shape index (κ1) is 23.1. The van der Waals surface area contributed by atoms with E-state index in [1.54, 1.807) is 0 Å². The Labute approximate surface area is 210 Å². The fourth-order valence-corrected chi connectivity index (χ4v) is 4.45. The molecule has 0 atom stereocenters. The van der Waals surface area contributed by atoms with Gasteiger partial charge in [-0.1, -0.05) is 78.9 Å². The van der Waals surface area contributed by atoms with Crippen molar-refractivity contribution in [2.75, 3.05) is 11.9 Å². The monoisotopic (exact) mass is 474 g/mol. The van der Waals surface area contributed by atoms with Gasteiger partial charge in [-0.05, 0) is 54.3 Å². The minimum absolute atomic E-state index is 0.149. The molecule has 0 spiro atoms. The smallest absolute Gasteiger partial charge is 0.322 e. The van der Waals surface area contributed by atoms with Crippen LogP contribution in [0.5, 0.6) is 0 Å². The number of rotatable bonds is 7. The minimum atomic E-state index is -0.906. The SMILES string of the molecule is Cc1cc(NCC(=O)O)cc(-c2c(C)cccc2-c2nc(-c3ccccc3)c(-c3ccccc3)o2)c1. The van der Waals surface area contributed by atoms with Crippen LogP contribution < -0.4 is 5.32 Å². The van der Waals surface area contributed by atoms with E-state index in [1.807, 2.05) is 91.9 Å². The number of nitrogens with zero attached hydrogens (tertiary/aromatic N) is 1. The van der Waals surface area contributed by atoms with Crippen LogP contribution in [0.25, 0.3) is 45.2 Å². The third kappa shape index (κ3) is 4.77. The summed E-state index contributed by atoms with van der Waals surface area (Å²) >= 11 is 0. The quantitative estimate of drug-likeness (QED) is 0.256. The molecule has 36 heavy (non-hydrogen) atoms. The van der Waals surface area contributed by atoms with Crippen molar-refractivity contribution in [1.29, 1.82) is 0 Å². The number of aryl methyl sites for hydroxylation is 2. The fourth-order valence-electron chi connectivity index (χ4n) is 4.45. The highest BCUT2D eigenvalue weighted by Crippen LogP contribution is 2.40. The number of carbonyl (C=O) groups is 1. The molecule has 178 valence electrons. The second-order valence-electron chi connectivity index (χ2n) is 8.76. The third-order valence-electron chi connectivity index (χ3n) is 6.02. The van der Waals surface area contributed by atoms with E-state index in [0.717, 1.165) is 56.1 Å². The Morgan fingerprint density at radius 3 is 2.22 bits per heavy atom. The molecule has 0 aliphatic carbocycles. The lowest BCUT2D eigenvalue weighted by Gasteiger charge is -2.14. The summed E-state index contributed by atoms with van der Waals surface area (Å²) in [6, 6.07) is 32.1. The average Bonchev–Trinajstić information content (AvgIpc) is 3.33. The van der Waals surface area contributed by atoms with Crippen molar-refractivity contribution >= 4 is 11.7 Å². The minimum Gasteiger partial charge on any atom is -0.480 e. The maximum Gasteiger partial charge on any atom is 0.322 e. The summed E-state index contributed by atoms with van der Waals surface area (Å²) in [6.07, 6.45) is 0. The summed E-state index contributed by atoms with van der Waals surface area (Å²) in [5.74, 6) is 0.349. The summed E-state index contributed by atoms with van der Waals surface area (Å²) in [6.45, 7) is 3.91. The summed E-state index contributed by atoms with van der Waals surface area (Å²) in [4.78, 5) is 16.1. The highest BCUT2D eigenvalue weighted by atomic mass is 16.4. The molecule has 5 nitrogen and oxygen atoms in total. The highest BCUT2D eigenvalue weighted by Gasteiger charge is 2.21. The molecule has 1 heterocycles. The van der Waals surface area contributed by atoms with Crippen LogP contribution in [-0.4, -0.2) is 22.6 Å². The van der Waals surface area contributed by atoms with Gasteiger partial charge in [0.25, 0.3) is 0 Å². The molecule has 0 unspecified atom stereocenters. The third-order valence-corrected chi connectivity index (χ3v) is 6.02. The number of benzene rings is 4. The number of hydrogen-bond donors (Lipinski definition) is 2. The normalized spacial score (nSPS) is 10.8. The van der Waals surface area contributed by atoms with Crippen molar-refractivity contribution in [3.63, 3.8) is 0 Å². The molecular formula is C31H26N2O3. The molecule has 5 rings (SSSR count). The number of hydrogen-bond acceptors (Lipinski definition) is 4. The van der Waals surface area contributed by atoms with Gasteiger partial charge in [-0.25, -0.2) is 4.98 Å². The number of aromatic nitrogens is 1. The van der Waals surface area contributed by atoms with Gasteiger partial charge >= 0.3 is 5.97 Å². The van der Waals surface area contributed by atoms with Crippen LogP contribution in [0.15, 0.2) is 101 Å². The predicted molar refractivity (Wildman–Crippen MR) is 144 cm³/mol. The molecule has 2 N–H and O–H groups in total. The molecule has 0 bridgehead atoms. The van der Waals surface area contributed by atoms with Crippen LogP contribution in [0.3, 0.4) is 0 Å². The molecule has 0 amide bonds. The zero-order valence-corrected chi connectivity index (χ0v) is 20.2. The fraction of sp³-hybridized carbons (Fsp3) is 0.0968. The predicted octanol–water partition coefficient (Wildman–Crippen LogP) is 7.46. The van der Waals surface area contributed by atoms with E-state index in [0.29, 0.717) is 5.89 Å². The van der Waals surface area contributed by atoms with E-state index in [2.05, 4.69) is 24.4 Å². The van der Waals surface area contributed by atoms with Crippen LogP contribution in [0.2, 0.25) is 0 Å². The van der Waals surface area contributed by atoms with Crippen LogP contribution in [0, 0.1) is 13.8 Å². The van der Waals surface area contributed by atoms with E-state index in [4.69, 9.17) is 14.5 Å². The molecule has 5 aromatic rings. The maximum atomic E-state index is 11.1. The Kier molecular flexibility index (Phi) is 6.37. The molecule has 0 fully saturated rings. The van der Waals surface area contributed by atoms with Gasteiger partial charge in [0.05, 0.1) is 0 Å². The van der Waals surface area contributed by atoms with Crippen LogP contribution in [0.4, 0.5) is 5.69 Å². The number of oxazole rings is 1. The topological polar surface area (TPSA) is 75.4 Å². The van der Waals surface area contributed by atoms with E-state index < -0.39 is 5.97 Å². The molecule has 0 aliphatic heterocycles. The van der Waals surface area contributed by atoms with Gasteiger partial charge in [-0.3, -0.25) is 4.79 Å². The van der Waals surface area contributed by atoms with Crippen LogP contribution in [0.1, 0.15) is 11.1 Å². The zero-order valence-electron chi connectivity index (χ0n) is 20.2. The van der Waals surface area contributed by atoms with Gasteiger partial charge in [-0.2, -0.15) is 0 Å². The molecular weight excluding hydrogens is 448 g/mol. The summed E-state index contributed by atoms with van der Waals surface area (Å²) < 4.78 is 6.49. The zero-order chi connectivity index (χ0) is 25.1. The van der Waals surface area contributed by atoms with Crippen LogP contribution >= 0.6 is 0 Å². The Morgan fingerprint density at radius 1 is 0.833 bits per heavy atom. The highest BCUT2D eigenvalue weighted by molar-refractivity contribution is 5.87. The van der Waals surface area contributed by atoms with E-state index in [1.165, 1.54) is 0 Å². The molecule has 0 saturated carbocycles. The van der Waals surface area contributed by atoms with Crippen LogP contribution in [-0.2, 0) is 4.79 Å². The lowest BCUT2D eigenvalue weighted by Crippen LogP contribution is -2.12. The number of carboxylic acid groups (broad SMARTS) is 1. The summed E-state index contributed by atoms with van der Waals surface area (Å²) in [5, 5.41) is 12.1. The summed E-state index contributed by atoms with van der Waals surface area (Å²) in [5.41, 5.74) is 8.43. The van der Waals surface area contributed by atoms with E-state index >= 15 is 0 Å². The van der Waals surface area contributed by atoms with Crippen molar-refractivity contribution < 1.29 is 14.3 Å². The first-order valence-corrected chi connectivity index (χ1v) is 11.8. The molecule has 0 radical (unpaired) electrons. The Morgan fingerprint density at radius 2 is 1.53 bits per heavy atom. The first-order chi connectivity index (χ1) is 17.5. The second-order valence-corrected chi connectivity index (χ2v) is 8.76. The van der Waals surface area contributed by atoms with Crippen molar-refractivity contribution in [2.24, 2.45) is 0 Å². The number of anilines is 1. The van der Waals surface area contributed by atoms with E-state index in [-0.39, 0.29) is 6.54 Å². The lowest BCUT2D eigenvalue weighted by atomic mass is 9.93. The second kappa shape index (κ2) is 9.92. The molecule has 4 aromatic carbocycles. The number of nitrogens with one attached hydrogen (secondary N) is 1. The van der Waals surface area contributed by atoms with E-state index in [9.17, 15) is 4.79 Å². The molecule has 0 saturated heterocycles. The van der Waals surface area contributed by atoms with Gasteiger partial charge < -0.3 is 14.8 Å². The lowest BCUT2D eigenvalue weighted by molar-refractivity contribution is -0.134. The number of aliphatic carboxylic acids is 1. The maximum absolute atomic E-state index is 11.1. The molecule has 0 aliphatic rings. The van der Waals surface area contributed by atoms with Gasteiger partial charge in [0.1, 0.15) is 12.2 Å². The van der Waals surface area contributed by atoms with Crippen molar-refractivity contribution in [1.82, 2.24) is 4.98 Å². The van der Waals surface area contributed by atoms with Gasteiger partial charge in [-0.15, -0.1) is 0 Å². The van der Waals surface area contributed by atoms with Gasteiger partial charge in [0, 0.05) is 22.4 Å². The summed E-state index contributed by atoms with van der Waals surface area (Å²) in [7, 11) is 0. The largest absolute Gasteiger partial charge is 0.480 e. The molecule has 5 heteroatoms. The number of carboxylic acids is 1. The Bertz CT molecular complexity index is 1470. The Balaban J connectivity index is 1.68. The van der Waals surface area contributed by atoms with Crippen molar-refractivity contribution in [3.8, 4) is 45.2 Å².